The van der Waals surface area contributed by atoms with Crippen LogP contribution in [0.2, 0.25) is 0 Å². The van der Waals surface area contributed by atoms with Crippen molar-refractivity contribution in [2.45, 2.75) is 66.8 Å². The summed E-state index contributed by atoms with van der Waals surface area (Å²) < 4.78 is 17.5. The highest BCUT2D eigenvalue weighted by Crippen LogP contribution is 2.30. The highest BCUT2D eigenvalue weighted by atomic mass is 16.5. The first-order valence-corrected chi connectivity index (χ1v) is 12.2. The number of carboxylic acids is 1. The molecule has 2 aromatic heterocycles. The van der Waals surface area contributed by atoms with Crippen LogP contribution in [0.5, 0.6) is 5.75 Å². The number of aryl methyl sites for hydroxylation is 4. The molecule has 0 saturated heterocycles. The van der Waals surface area contributed by atoms with E-state index in [-0.39, 0.29) is 0 Å². The number of oxazole rings is 2. The van der Waals surface area contributed by atoms with Gasteiger partial charge in [-0.05, 0) is 70.4 Å². The predicted octanol–water partition coefficient (Wildman–Crippen LogP) is 6.01. The molecule has 4 rings (SSSR count). The van der Waals surface area contributed by atoms with E-state index in [1.165, 1.54) is 0 Å². The molecule has 8 heteroatoms. The molecule has 0 saturated carbocycles. The van der Waals surface area contributed by atoms with Crippen LogP contribution in [0.15, 0.2) is 57.6 Å². The Morgan fingerprint density at radius 2 is 1.68 bits per heavy atom. The Kier molecular flexibility index (Phi) is 7.50. The van der Waals surface area contributed by atoms with Gasteiger partial charge in [-0.2, -0.15) is 0 Å². The van der Waals surface area contributed by atoms with E-state index in [4.69, 9.17) is 18.6 Å². The number of nitrogens with zero attached hydrogens (tertiary/aromatic N) is 3. The topological polar surface area (TPSA) is 102 Å². The second-order valence-corrected chi connectivity index (χ2v) is 9.89. The molecule has 194 valence electrons. The second kappa shape index (κ2) is 10.6. The zero-order chi connectivity index (χ0) is 26.7. The highest BCUT2D eigenvalue weighted by Gasteiger charge is 2.30. The van der Waals surface area contributed by atoms with E-state index in [1.807, 2.05) is 70.2 Å². The van der Waals surface area contributed by atoms with E-state index in [2.05, 4.69) is 9.88 Å². The van der Waals surface area contributed by atoms with Gasteiger partial charge in [-0.1, -0.05) is 30.3 Å². The van der Waals surface area contributed by atoms with E-state index in [0.717, 1.165) is 39.4 Å². The van der Waals surface area contributed by atoms with Crippen LogP contribution in [-0.2, 0) is 24.4 Å². The molecule has 0 amide bonds. The Morgan fingerprint density at radius 3 is 2.27 bits per heavy atom. The largest absolute Gasteiger partial charge is 0.478 e. The van der Waals surface area contributed by atoms with Gasteiger partial charge in [-0.15, -0.1) is 0 Å². The molecule has 0 aliphatic rings. The zero-order valence-electron chi connectivity index (χ0n) is 22.2. The van der Waals surface area contributed by atoms with E-state index < -0.39 is 11.6 Å². The summed E-state index contributed by atoms with van der Waals surface area (Å²) in [7, 11) is 0. The van der Waals surface area contributed by atoms with Crippen molar-refractivity contribution in [3.05, 3.63) is 88.5 Å². The third-order valence-corrected chi connectivity index (χ3v) is 6.11. The Hall–Kier alpha value is -3.91. The van der Waals surface area contributed by atoms with Crippen LogP contribution in [-0.4, -0.2) is 31.5 Å². The Labute approximate surface area is 216 Å². The third-order valence-electron chi connectivity index (χ3n) is 6.11. The number of aliphatic carboxylic acids is 1. The van der Waals surface area contributed by atoms with Crippen LogP contribution in [0, 0.1) is 27.7 Å². The zero-order valence-corrected chi connectivity index (χ0v) is 22.2. The number of hydrogen-bond acceptors (Lipinski definition) is 7. The lowest BCUT2D eigenvalue weighted by Crippen LogP contribution is -2.38. The van der Waals surface area contributed by atoms with Crippen molar-refractivity contribution < 1.29 is 23.5 Å². The fourth-order valence-corrected chi connectivity index (χ4v) is 4.17. The van der Waals surface area contributed by atoms with Gasteiger partial charge >= 0.3 is 5.97 Å². The van der Waals surface area contributed by atoms with E-state index >= 15 is 0 Å². The molecule has 0 fully saturated rings. The standard InChI is InChI=1S/C29H33N3O5/c1-18-12-22(13-19(2)26(18)37-29(5,6)28(33)34)14-32(16-25-30-20(3)17-35-25)15-24-21(4)36-27(31-24)23-10-8-7-9-11-23/h7-13,17H,14-16H2,1-6H3,(H,33,34). The summed E-state index contributed by atoms with van der Waals surface area (Å²) in [5, 5.41) is 9.48. The summed E-state index contributed by atoms with van der Waals surface area (Å²) in [5.74, 6) is 1.55. The van der Waals surface area contributed by atoms with Gasteiger partial charge in [0.05, 0.1) is 17.9 Å². The molecule has 2 heterocycles. The molecule has 8 nitrogen and oxygen atoms in total. The molecular formula is C29H33N3O5. The summed E-state index contributed by atoms with van der Waals surface area (Å²) in [6, 6.07) is 13.9. The van der Waals surface area contributed by atoms with Crippen molar-refractivity contribution in [3.63, 3.8) is 0 Å². The average Bonchev–Trinajstić information content (AvgIpc) is 3.41. The summed E-state index contributed by atoms with van der Waals surface area (Å²) >= 11 is 0. The summed E-state index contributed by atoms with van der Waals surface area (Å²) in [6.07, 6.45) is 1.65. The van der Waals surface area contributed by atoms with Gasteiger partial charge < -0.3 is 18.7 Å². The monoisotopic (exact) mass is 503 g/mol. The summed E-state index contributed by atoms with van der Waals surface area (Å²) in [4.78, 5) is 23.0. The number of rotatable bonds is 10. The maximum atomic E-state index is 11.6. The molecule has 4 aromatic rings. The van der Waals surface area contributed by atoms with Crippen LogP contribution >= 0.6 is 0 Å². The summed E-state index contributed by atoms with van der Waals surface area (Å²) in [6.45, 7) is 12.4. The van der Waals surface area contributed by atoms with Gasteiger partial charge in [0, 0.05) is 18.7 Å². The molecule has 0 aliphatic carbocycles. The Bertz CT molecular complexity index is 1360. The first-order chi connectivity index (χ1) is 17.5. The van der Waals surface area contributed by atoms with Crippen molar-refractivity contribution in [2.75, 3.05) is 0 Å². The van der Waals surface area contributed by atoms with Gasteiger partial charge in [0.1, 0.15) is 17.8 Å². The fourth-order valence-electron chi connectivity index (χ4n) is 4.17. The minimum atomic E-state index is -1.33. The van der Waals surface area contributed by atoms with Crippen LogP contribution < -0.4 is 4.74 Å². The van der Waals surface area contributed by atoms with Gasteiger partial charge in [0.15, 0.2) is 5.60 Å². The van der Waals surface area contributed by atoms with Crippen LogP contribution in [0.1, 0.15) is 53.6 Å². The van der Waals surface area contributed by atoms with Crippen LogP contribution in [0.25, 0.3) is 11.5 Å². The molecule has 37 heavy (non-hydrogen) atoms. The van der Waals surface area contributed by atoms with Crippen molar-refractivity contribution in [1.29, 1.82) is 0 Å². The van der Waals surface area contributed by atoms with E-state index in [1.54, 1.807) is 20.1 Å². The smallest absolute Gasteiger partial charge is 0.347 e. The molecule has 0 spiro atoms. The molecule has 0 aliphatic heterocycles. The summed E-state index contributed by atoms with van der Waals surface area (Å²) in [5.41, 5.74) is 4.08. The quantitative estimate of drug-likeness (QED) is 0.281. The highest BCUT2D eigenvalue weighted by molar-refractivity contribution is 5.77. The molecule has 1 N–H and O–H groups in total. The lowest BCUT2D eigenvalue weighted by molar-refractivity contribution is -0.152. The molecule has 0 bridgehead atoms. The van der Waals surface area contributed by atoms with Crippen molar-refractivity contribution in [3.8, 4) is 17.2 Å². The Balaban J connectivity index is 1.60. The Morgan fingerprint density at radius 1 is 1.00 bits per heavy atom. The first-order valence-electron chi connectivity index (χ1n) is 12.2. The lowest BCUT2D eigenvalue weighted by atomic mass is 10.0. The number of benzene rings is 2. The fraction of sp³-hybridized carbons (Fsp3) is 0.345. The maximum Gasteiger partial charge on any atom is 0.347 e. The molecule has 0 atom stereocenters. The van der Waals surface area contributed by atoms with Gasteiger partial charge in [-0.25, -0.2) is 14.8 Å². The van der Waals surface area contributed by atoms with Gasteiger partial charge in [-0.3, -0.25) is 4.90 Å². The van der Waals surface area contributed by atoms with Crippen LogP contribution in [0.3, 0.4) is 0 Å². The van der Waals surface area contributed by atoms with Crippen LogP contribution in [0.4, 0.5) is 0 Å². The minimum absolute atomic E-state index is 0.489. The SMILES string of the molecule is Cc1coc(CN(Cc2cc(C)c(OC(C)(C)C(=O)O)c(C)c2)Cc2nc(-c3ccccc3)oc2C)n1. The average molecular weight is 504 g/mol. The van der Waals surface area contributed by atoms with Gasteiger partial charge in [0.2, 0.25) is 11.8 Å². The molecule has 2 aromatic carbocycles. The molecule has 0 unspecified atom stereocenters. The number of carboxylic acid groups (broad SMARTS) is 1. The number of carbonyl (C=O) groups is 1. The first kappa shape index (κ1) is 26.2. The second-order valence-electron chi connectivity index (χ2n) is 9.89. The normalized spacial score (nSPS) is 11.8. The molecule has 0 radical (unpaired) electrons. The van der Waals surface area contributed by atoms with E-state index in [9.17, 15) is 9.90 Å². The number of aromatic nitrogens is 2. The number of ether oxygens (including phenoxy) is 1. The van der Waals surface area contributed by atoms with Crippen molar-refractivity contribution in [2.24, 2.45) is 0 Å². The lowest BCUT2D eigenvalue weighted by Gasteiger charge is -2.25. The predicted molar refractivity (Wildman–Crippen MR) is 139 cm³/mol. The minimum Gasteiger partial charge on any atom is -0.478 e. The van der Waals surface area contributed by atoms with Gasteiger partial charge in [0.25, 0.3) is 0 Å². The molecular weight excluding hydrogens is 470 g/mol. The number of hydrogen-bond donors (Lipinski definition) is 1. The third kappa shape index (κ3) is 6.27. The van der Waals surface area contributed by atoms with E-state index in [0.29, 0.717) is 37.2 Å². The maximum absolute atomic E-state index is 11.6. The van der Waals surface area contributed by atoms with Crippen molar-refractivity contribution in [1.82, 2.24) is 14.9 Å². The van der Waals surface area contributed by atoms with Crippen molar-refractivity contribution >= 4 is 5.97 Å².